The Balaban J connectivity index is 1.97. The van der Waals surface area contributed by atoms with Crippen molar-refractivity contribution in [3.05, 3.63) is 29.8 Å². The van der Waals surface area contributed by atoms with Crippen LogP contribution in [0.25, 0.3) is 0 Å². The van der Waals surface area contributed by atoms with Crippen molar-refractivity contribution in [3.8, 4) is 6.07 Å². The third kappa shape index (κ3) is 5.18. The minimum Gasteiger partial charge on any atom is -0.465 e. The maximum Gasteiger partial charge on any atom is 0.337 e. The minimum absolute atomic E-state index is 0.158. The van der Waals surface area contributed by atoms with E-state index in [4.69, 9.17) is 22.2 Å². The third-order valence-electron chi connectivity index (χ3n) is 3.79. The molecule has 128 valence electrons. The predicted molar refractivity (Wildman–Crippen MR) is 94.8 cm³/mol. The van der Waals surface area contributed by atoms with Crippen LogP contribution < -0.4 is 5.32 Å². The van der Waals surface area contributed by atoms with E-state index in [9.17, 15) is 4.79 Å². The van der Waals surface area contributed by atoms with Crippen molar-refractivity contribution < 1.29 is 14.3 Å². The van der Waals surface area contributed by atoms with Gasteiger partial charge in [-0.25, -0.2) is 4.79 Å². The zero-order valence-corrected chi connectivity index (χ0v) is 14.5. The monoisotopic (exact) mass is 347 g/mol. The summed E-state index contributed by atoms with van der Waals surface area (Å²) in [6, 6.07) is 9.04. The van der Waals surface area contributed by atoms with Crippen molar-refractivity contribution in [3.63, 3.8) is 0 Å². The summed E-state index contributed by atoms with van der Waals surface area (Å²) >= 11 is 5.47. The standard InChI is InChI=1S/C17H21N3O3S/c1-22-16(21)13-5-7-14(8-6-13)19-17(24)20(10-3-9-18)12-15-4-2-11-23-15/h5-8,15H,2-4,10-12H2,1H3,(H,19,24). The number of nitriles is 1. The second-order valence-corrected chi connectivity index (χ2v) is 5.87. The molecule has 0 amide bonds. The van der Waals surface area contributed by atoms with Crippen LogP contribution in [0, 0.1) is 11.3 Å². The molecule has 1 N–H and O–H groups in total. The van der Waals surface area contributed by atoms with Gasteiger partial charge in [-0.2, -0.15) is 5.26 Å². The summed E-state index contributed by atoms with van der Waals surface area (Å²) in [4.78, 5) is 13.4. The van der Waals surface area contributed by atoms with E-state index in [1.807, 2.05) is 4.90 Å². The van der Waals surface area contributed by atoms with Crippen molar-refractivity contribution >= 4 is 29.0 Å². The van der Waals surface area contributed by atoms with Crippen LogP contribution in [-0.4, -0.2) is 48.9 Å². The number of anilines is 1. The molecule has 0 saturated carbocycles. The number of nitrogens with zero attached hydrogens (tertiary/aromatic N) is 2. The lowest BCUT2D eigenvalue weighted by molar-refractivity contribution is 0.0600. The van der Waals surface area contributed by atoms with Crippen LogP contribution in [0.5, 0.6) is 0 Å². The number of ether oxygens (including phenoxy) is 2. The molecule has 1 aromatic carbocycles. The number of methoxy groups -OCH3 is 1. The molecule has 0 bridgehead atoms. The number of benzene rings is 1. The first-order valence-electron chi connectivity index (χ1n) is 7.87. The maximum absolute atomic E-state index is 11.4. The van der Waals surface area contributed by atoms with Crippen LogP contribution in [-0.2, 0) is 9.47 Å². The van der Waals surface area contributed by atoms with Crippen molar-refractivity contribution in [2.24, 2.45) is 0 Å². The third-order valence-corrected chi connectivity index (χ3v) is 4.15. The fourth-order valence-corrected chi connectivity index (χ4v) is 2.79. The van der Waals surface area contributed by atoms with Crippen molar-refractivity contribution in [1.29, 1.82) is 5.26 Å². The van der Waals surface area contributed by atoms with Crippen LogP contribution in [0.3, 0.4) is 0 Å². The van der Waals surface area contributed by atoms with Crippen molar-refractivity contribution in [1.82, 2.24) is 4.90 Å². The highest BCUT2D eigenvalue weighted by Gasteiger charge is 2.20. The van der Waals surface area contributed by atoms with E-state index in [0.717, 1.165) is 25.1 Å². The molecule has 0 spiro atoms. The number of carbonyl (C=O) groups is 1. The first-order chi connectivity index (χ1) is 11.6. The van der Waals surface area contributed by atoms with Gasteiger partial charge in [-0.15, -0.1) is 0 Å². The molecule has 0 aromatic heterocycles. The average molecular weight is 347 g/mol. The molecule has 1 saturated heterocycles. The maximum atomic E-state index is 11.4. The molecule has 1 unspecified atom stereocenters. The van der Waals surface area contributed by atoms with E-state index in [-0.39, 0.29) is 12.1 Å². The Morgan fingerprint density at radius 3 is 2.83 bits per heavy atom. The lowest BCUT2D eigenvalue weighted by Crippen LogP contribution is -2.40. The van der Waals surface area contributed by atoms with Gasteiger partial charge in [0.25, 0.3) is 0 Å². The Morgan fingerprint density at radius 2 is 2.25 bits per heavy atom. The molecule has 2 rings (SSSR count). The predicted octanol–water partition coefficient (Wildman–Crippen LogP) is 2.56. The van der Waals surface area contributed by atoms with E-state index in [1.54, 1.807) is 24.3 Å². The van der Waals surface area contributed by atoms with Crippen LogP contribution in [0.2, 0.25) is 0 Å². The highest BCUT2D eigenvalue weighted by molar-refractivity contribution is 7.80. The Labute approximate surface area is 147 Å². The summed E-state index contributed by atoms with van der Waals surface area (Å²) in [6.07, 6.45) is 2.63. The van der Waals surface area contributed by atoms with Gasteiger partial charge in [0.15, 0.2) is 5.11 Å². The molecule has 1 fully saturated rings. The summed E-state index contributed by atoms with van der Waals surface area (Å²) in [5.41, 5.74) is 1.26. The molecule has 7 heteroatoms. The Bertz CT molecular complexity index is 607. The highest BCUT2D eigenvalue weighted by atomic mass is 32.1. The molecular weight excluding hydrogens is 326 g/mol. The van der Waals surface area contributed by atoms with Crippen LogP contribution in [0.15, 0.2) is 24.3 Å². The molecule has 1 atom stereocenters. The molecule has 1 heterocycles. The second kappa shape index (κ2) is 9.21. The number of carbonyl (C=O) groups excluding carboxylic acids is 1. The van der Waals surface area contributed by atoms with E-state index in [0.29, 0.717) is 30.2 Å². The first-order valence-corrected chi connectivity index (χ1v) is 8.27. The largest absolute Gasteiger partial charge is 0.465 e. The fraction of sp³-hybridized carbons (Fsp3) is 0.471. The number of hydrogen-bond acceptors (Lipinski definition) is 5. The van der Waals surface area contributed by atoms with Gasteiger partial charge >= 0.3 is 5.97 Å². The van der Waals surface area contributed by atoms with Crippen LogP contribution >= 0.6 is 12.2 Å². The van der Waals surface area contributed by atoms with Gasteiger partial charge in [0.1, 0.15) is 0 Å². The van der Waals surface area contributed by atoms with Crippen molar-refractivity contribution in [2.75, 3.05) is 32.1 Å². The molecule has 1 aliphatic heterocycles. The molecule has 1 aliphatic rings. The lowest BCUT2D eigenvalue weighted by atomic mass is 10.2. The molecule has 6 nitrogen and oxygen atoms in total. The average Bonchev–Trinajstić information content (AvgIpc) is 3.11. The van der Waals surface area contributed by atoms with Gasteiger partial charge in [0, 0.05) is 25.4 Å². The molecular formula is C17H21N3O3S. The molecule has 0 aliphatic carbocycles. The number of esters is 1. The van der Waals surface area contributed by atoms with E-state index in [2.05, 4.69) is 16.1 Å². The molecule has 1 aromatic rings. The number of nitrogens with one attached hydrogen (secondary N) is 1. The Morgan fingerprint density at radius 1 is 1.50 bits per heavy atom. The quantitative estimate of drug-likeness (QED) is 0.626. The minimum atomic E-state index is -0.377. The summed E-state index contributed by atoms with van der Waals surface area (Å²) in [5.74, 6) is -0.377. The molecule has 0 radical (unpaired) electrons. The van der Waals surface area contributed by atoms with E-state index >= 15 is 0 Å². The normalized spacial score (nSPS) is 16.2. The second-order valence-electron chi connectivity index (χ2n) is 5.49. The van der Waals surface area contributed by atoms with Gasteiger partial charge in [-0.1, -0.05) is 0 Å². The summed E-state index contributed by atoms with van der Waals surface area (Å²) in [7, 11) is 1.35. The zero-order valence-electron chi connectivity index (χ0n) is 13.7. The fourth-order valence-electron chi connectivity index (χ4n) is 2.50. The Kier molecular flexibility index (Phi) is 6.97. The van der Waals surface area contributed by atoms with Gasteiger partial charge in [-0.3, -0.25) is 0 Å². The number of thiocarbonyl (C=S) groups is 1. The molecule has 24 heavy (non-hydrogen) atoms. The van der Waals surface area contributed by atoms with Gasteiger partial charge in [0.05, 0.1) is 31.3 Å². The summed E-state index contributed by atoms with van der Waals surface area (Å²) < 4.78 is 10.3. The van der Waals surface area contributed by atoms with Gasteiger partial charge < -0.3 is 19.7 Å². The van der Waals surface area contributed by atoms with Crippen LogP contribution in [0.4, 0.5) is 5.69 Å². The zero-order chi connectivity index (χ0) is 17.4. The first kappa shape index (κ1) is 18.2. The van der Waals surface area contributed by atoms with E-state index in [1.165, 1.54) is 7.11 Å². The number of rotatable bonds is 6. The highest BCUT2D eigenvalue weighted by Crippen LogP contribution is 2.16. The smallest absolute Gasteiger partial charge is 0.337 e. The summed E-state index contributed by atoms with van der Waals surface area (Å²) in [5, 5.41) is 12.5. The van der Waals surface area contributed by atoms with Crippen molar-refractivity contribution in [2.45, 2.75) is 25.4 Å². The van der Waals surface area contributed by atoms with Gasteiger partial charge in [0.2, 0.25) is 0 Å². The lowest BCUT2D eigenvalue weighted by Gasteiger charge is -2.27. The SMILES string of the molecule is COC(=O)c1ccc(NC(=S)N(CCC#N)CC2CCCO2)cc1. The van der Waals surface area contributed by atoms with Gasteiger partial charge in [-0.05, 0) is 49.3 Å². The Hall–Kier alpha value is -2.17. The topological polar surface area (TPSA) is 74.6 Å². The summed E-state index contributed by atoms with van der Waals surface area (Å²) in [6.45, 7) is 2.02. The number of hydrogen-bond donors (Lipinski definition) is 1. The van der Waals surface area contributed by atoms with Crippen LogP contribution in [0.1, 0.15) is 29.6 Å². The van der Waals surface area contributed by atoms with E-state index < -0.39 is 0 Å².